The zero-order chi connectivity index (χ0) is 6.85. The van der Waals surface area contributed by atoms with Crippen LogP contribution in [0.4, 0.5) is 0 Å². The van der Waals surface area contributed by atoms with Crippen LogP contribution in [0.1, 0.15) is 0 Å². The minimum atomic E-state index is -0.934. The average Bonchev–Trinajstić information content (AvgIpc) is 1.83. The quantitative estimate of drug-likeness (QED) is 0.520. The molecule has 0 heterocycles. The molecule has 1 unspecified atom stereocenters. The Balaban J connectivity index is 2.73. The average molecular weight is 147 g/mol. The number of hydrogen-bond donors (Lipinski definition) is 2. The zero-order valence-corrected chi connectivity index (χ0v) is 5.42. The Morgan fingerprint density at radius 3 is 2.56 bits per heavy atom. The normalized spacial score (nSPS) is 34.3. The lowest BCUT2D eigenvalue weighted by Gasteiger charge is -2.15. The molecule has 0 aromatic heterocycles. The van der Waals surface area contributed by atoms with Gasteiger partial charge in [0.05, 0.1) is 0 Å². The summed E-state index contributed by atoms with van der Waals surface area (Å²) in [6, 6.07) is 0. The van der Waals surface area contributed by atoms with Crippen LogP contribution < -0.4 is 0 Å². The molecular formula is C6H7ClO2. The van der Waals surface area contributed by atoms with Crippen LogP contribution in [-0.2, 0) is 0 Å². The van der Waals surface area contributed by atoms with Gasteiger partial charge in [-0.3, -0.25) is 0 Å². The molecule has 0 saturated carbocycles. The molecule has 3 heteroatoms. The van der Waals surface area contributed by atoms with E-state index in [4.69, 9.17) is 21.8 Å². The Morgan fingerprint density at radius 2 is 2.11 bits per heavy atom. The van der Waals surface area contributed by atoms with Crippen LogP contribution in [0.25, 0.3) is 0 Å². The summed E-state index contributed by atoms with van der Waals surface area (Å²) in [5, 5.41) is 18.1. The molecular weight excluding hydrogens is 140 g/mol. The van der Waals surface area contributed by atoms with Crippen molar-refractivity contribution >= 4 is 11.6 Å². The predicted octanol–water partition coefficient (Wildman–Crippen LogP) is 0.401. The van der Waals surface area contributed by atoms with Crippen LogP contribution in [0.15, 0.2) is 23.3 Å². The lowest BCUT2D eigenvalue weighted by Crippen LogP contribution is -2.25. The van der Waals surface area contributed by atoms with Crippen molar-refractivity contribution in [1.82, 2.24) is 0 Å². The van der Waals surface area contributed by atoms with E-state index in [2.05, 4.69) is 0 Å². The lowest BCUT2D eigenvalue weighted by atomic mass is 10.1. The smallest absolute Gasteiger partial charge is 0.119 e. The summed E-state index contributed by atoms with van der Waals surface area (Å²) >= 11 is 5.46. The van der Waals surface area contributed by atoms with Gasteiger partial charge in [0.2, 0.25) is 0 Å². The first-order valence-electron chi connectivity index (χ1n) is 2.62. The summed E-state index contributed by atoms with van der Waals surface area (Å²) in [4.78, 5) is 0. The molecule has 0 aliphatic heterocycles. The molecule has 0 saturated heterocycles. The number of aliphatic hydroxyl groups is 2. The molecule has 0 amide bonds. The molecule has 2 nitrogen and oxygen atoms in total. The third kappa shape index (κ3) is 1.33. The number of allylic oxidation sites excluding steroid dienone is 2. The standard InChI is InChI=1S/C6H7ClO2/c7-4-2-1-3-5(8)6(4)9/h1-3,5-6,8-9H/t5?,6-/m1/s1. The van der Waals surface area contributed by atoms with Crippen molar-refractivity contribution in [1.29, 1.82) is 0 Å². The van der Waals surface area contributed by atoms with Crippen LogP contribution >= 0.6 is 11.6 Å². The molecule has 0 aromatic carbocycles. The maximum Gasteiger partial charge on any atom is 0.119 e. The third-order valence-corrected chi connectivity index (χ3v) is 1.52. The molecule has 0 fully saturated rings. The van der Waals surface area contributed by atoms with E-state index < -0.39 is 12.2 Å². The summed E-state index contributed by atoms with van der Waals surface area (Å²) in [5.74, 6) is 0. The van der Waals surface area contributed by atoms with Gasteiger partial charge in [-0.1, -0.05) is 23.8 Å². The van der Waals surface area contributed by atoms with E-state index in [0.717, 1.165) is 0 Å². The van der Waals surface area contributed by atoms with Gasteiger partial charge in [-0.15, -0.1) is 0 Å². The van der Waals surface area contributed by atoms with Gasteiger partial charge in [-0.25, -0.2) is 0 Å². The van der Waals surface area contributed by atoms with E-state index in [9.17, 15) is 0 Å². The summed E-state index contributed by atoms with van der Waals surface area (Å²) in [5.41, 5.74) is 0. The van der Waals surface area contributed by atoms with Crippen LogP contribution in [0, 0.1) is 0 Å². The van der Waals surface area contributed by atoms with Crippen molar-refractivity contribution in [2.24, 2.45) is 0 Å². The highest BCUT2D eigenvalue weighted by Gasteiger charge is 2.18. The van der Waals surface area contributed by atoms with Gasteiger partial charge >= 0.3 is 0 Å². The van der Waals surface area contributed by atoms with Gasteiger partial charge in [0.25, 0.3) is 0 Å². The molecule has 0 spiro atoms. The van der Waals surface area contributed by atoms with Gasteiger partial charge in [-0.2, -0.15) is 0 Å². The largest absolute Gasteiger partial charge is 0.386 e. The van der Waals surface area contributed by atoms with Gasteiger partial charge in [0, 0.05) is 5.03 Å². The van der Waals surface area contributed by atoms with Gasteiger partial charge < -0.3 is 10.2 Å². The third-order valence-electron chi connectivity index (χ3n) is 1.17. The fourth-order valence-corrected chi connectivity index (χ4v) is 0.830. The SMILES string of the molecule is OC1C=CC=C(Cl)[C@H]1O. The Hall–Kier alpha value is -0.310. The lowest BCUT2D eigenvalue weighted by molar-refractivity contribution is 0.0764. The topological polar surface area (TPSA) is 40.5 Å². The van der Waals surface area contributed by atoms with Gasteiger partial charge in [0.1, 0.15) is 12.2 Å². The van der Waals surface area contributed by atoms with Crippen molar-refractivity contribution in [2.75, 3.05) is 0 Å². The number of rotatable bonds is 0. The van der Waals surface area contributed by atoms with E-state index in [1.807, 2.05) is 0 Å². The van der Waals surface area contributed by atoms with E-state index in [-0.39, 0.29) is 5.03 Å². The van der Waals surface area contributed by atoms with Crippen molar-refractivity contribution < 1.29 is 10.2 Å². The molecule has 2 N–H and O–H groups in total. The van der Waals surface area contributed by atoms with Crippen molar-refractivity contribution in [3.05, 3.63) is 23.3 Å². The first kappa shape index (κ1) is 6.81. The fourth-order valence-electron chi connectivity index (χ4n) is 0.628. The van der Waals surface area contributed by atoms with Crippen LogP contribution in [-0.4, -0.2) is 22.4 Å². The van der Waals surface area contributed by atoms with Crippen molar-refractivity contribution in [3.63, 3.8) is 0 Å². The van der Waals surface area contributed by atoms with Crippen LogP contribution in [0.2, 0.25) is 0 Å². The summed E-state index contributed by atoms with van der Waals surface area (Å²) < 4.78 is 0. The molecule has 1 aliphatic rings. The van der Waals surface area contributed by atoms with E-state index in [1.165, 1.54) is 6.08 Å². The summed E-state index contributed by atoms with van der Waals surface area (Å²) in [6.45, 7) is 0. The first-order chi connectivity index (χ1) is 4.22. The number of aliphatic hydroxyl groups excluding tert-OH is 2. The van der Waals surface area contributed by atoms with Gasteiger partial charge in [0.15, 0.2) is 0 Å². The summed E-state index contributed by atoms with van der Waals surface area (Å²) in [6.07, 6.45) is 2.87. The van der Waals surface area contributed by atoms with Crippen molar-refractivity contribution in [2.45, 2.75) is 12.2 Å². The predicted molar refractivity (Wildman–Crippen MR) is 35.1 cm³/mol. The molecule has 0 bridgehead atoms. The highest BCUT2D eigenvalue weighted by Crippen LogP contribution is 2.16. The van der Waals surface area contributed by atoms with Crippen molar-refractivity contribution in [3.8, 4) is 0 Å². The van der Waals surface area contributed by atoms with Crippen LogP contribution in [0.3, 0.4) is 0 Å². The highest BCUT2D eigenvalue weighted by molar-refractivity contribution is 6.30. The number of hydrogen-bond acceptors (Lipinski definition) is 2. The molecule has 9 heavy (non-hydrogen) atoms. The second-order valence-corrected chi connectivity index (χ2v) is 2.31. The maximum atomic E-state index is 8.94. The molecule has 1 aliphatic carbocycles. The molecule has 50 valence electrons. The Bertz CT molecular complexity index is 162. The molecule has 0 aromatic rings. The van der Waals surface area contributed by atoms with Crippen LogP contribution in [0.5, 0.6) is 0 Å². The van der Waals surface area contributed by atoms with Gasteiger partial charge in [-0.05, 0) is 6.08 Å². The first-order valence-corrected chi connectivity index (χ1v) is 2.99. The molecule has 2 atom stereocenters. The second-order valence-electron chi connectivity index (χ2n) is 1.87. The maximum absolute atomic E-state index is 8.94. The Morgan fingerprint density at radius 1 is 1.44 bits per heavy atom. The fraction of sp³-hybridized carbons (Fsp3) is 0.333. The Kier molecular flexibility index (Phi) is 1.90. The Labute approximate surface area is 58.1 Å². The monoisotopic (exact) mass is 146 g/mol. The van der Waals surface area contributed by atoms with E-state index in [0.29, 0.717) is 0 Å². The minimum Gasteiger partial charge on any atom is -0.386 e. The molecule has 0 radical (unpaired) electrons. The number of halogens is 1. The second kappa shape index (κ2) is 2.52. The molecule has 1 rings (SSSR count). The zero-order valence-electron chi connectivity index (χ0n) is 4.66. The minimum absolute atomic E-state index is 0.282. The van der Waals surface area contributed by atoms with E-state index >= 15 is 0 Å². The summed E-state index contributed by atoms with van der Waals surface area (Å²) in [7, 11) is 0. The highest BCUT2D eigenvalue weighted by atomic mass is 35.5. The van der Waals surface area contributed by atoms with E-state index in [1.54, 1.807) is 12.2 Å².